The van der Waals surface area contributed by atoms with Crippen LogP contribution in [0.5, 0.6) is 0 Å². The number of nitrogens with zero attached hydrogens (tertiary/aromatic N) is 2. The Hall–Kier alpha value is -1.66. The van der Waals surface area contributed by atoms with Gasteiger partial charge in [0, 0.05) is 13.1 Å². The SMILES string of the molecule is Cc1cc(CN(C)S(=O)(=O)c2ccc(C(C)(C)C)cc2)no1. The molecule has 0 radical (unpaired) electrons. The highest BCUT2D eigenvalue weighted by Crippen LogP contribution is 2.24. The molecule has 0 saturated heterocycles. The highest BCUT2D eigenvalue weighted by Gasteiger charge is 2.23. The van der Waals surface area contributed by atoms with Gasteiger partial charge in [-0.25, -0.2) is 8.42 Å². The highest BCUT2D eigenvalue weighted by molar-refractivity contribution is 7.89. The number of sulfonamides is 1. The van der Waals surface area contributed by atoms with Gasteiger partial charge in [-0.05, 0) is 30.0 Å². The minimum absolute atomic E-state index is 0.00751. The van der Waals surface area contributed by atoms with Gasteiger partial charge in [-0.2, -0.15) is 4.31 Å². The molecule has 0 N–H and O–H groups in total. The average Bonchev–Trinajstić information content (AvgIpc) is 2.83. The first-order chi connectivity index (χ1) is 10.1. The summed E-state index contributed by atoms with van der Waals surface area (Å²) in [7, 11) is -2.00. The summed E-state index contributed by atoms with van der Waals surface area (Å²) in [5.74, 6) is 0.662. The Labute approximate surface area is 132 Å². The van der Waals surface area contributed by atoms with Crippen molar-refractivity contribution in [2.75, 3.05) is 7.05 Å². The van der Waals surface area contributed by atoms with Crippen molar-refractivity contribution in [3.8, 4) is 0 Å². The summed E-state index contributed by atoms with van der Waals surface area (Å²) < 4.78 is 31.4. The van der Waals surface area contributed by atoms with E-state index >= 15 is 0 Å². The van der Waals surface area contributed by atoms with E-state index in [-0.39, 0.29) is 16.9 Å². The van der Waals surface area contributed by atoms with Crippen LogP contribution < -0.4 is 0 Å². The van der Waals surface area contributed by atoms with Crippen molar-refractivity contribution >= 4 is 10.0 Å². The first kappa shape index (κ1) is 16.7. The van der Waals surface area contributed by atoms with E-state index in [1.165, 1.54) is 11.4 Å². The third-order valence-corrected chi connectivity index (χ3v) is 5.31. The van der Waals surface area contributed by atoms with E-state index in [4.69, 9.17) is 4.52 Å². The molecule has 1 aromatic carbocycles. The molecule has 0 bridgehead atoms. The van der Waals surface area contributed by atoms with Gasteiger partial charge >= 0.3 is 0 Å². The molecule has 1 heterocycles. The fraction of sp³-hybridized carbons (Fsp3) is 0.438. The summed E-state index contributed by atoms with van der Waals surface area (Å²) in [6.45, 7) is 8.23. The zero-order chi connectivity index (χ0) is 16.5. The number of aromatic nitrogens is 1. The zero-order valence-corrected chi connectivity index (χ0v) is 14.4. The van der Waals surface area contributed by atoms with Crippen molar-refractivity contribution in [1.29, 1.82) is 0 Å². The van der Waals surface area contributed by atoms with Crippen molar-refractivity contribution in [2.45, 2.75) is 44.6 Å². The smallest absolute Gasteiger partial charge is 0.243 e. The maximum absolute atomic E-state index is 12.6. The highest BCUT2D eigenvalue weighted by atomic mass is 32.2. The second-order valence-electron chi connectivity index (χ2n) is 6.46. The van der Waals surface area contributed by atoms with Crippen LogP contribution in [0.1, 0.15) is 37.8 Å². The van der Waals surface area contributed by atoms with Crippen LogP contribution in [0.3, 0.4) is 0 Å². The summed E-state index contributed by atoms with van der Waals surface area (Å²) in [6.07, 6.45) is 0. The zero-order valence-electron chi connectivity index (χ0n) is 13.6. The van der Waals surface area contributed by atoms with E-state index in [0.717, 1.165) is 5.56 Å². The molecule has 0 spiro atoms. The van der Waals surface area contributed by atoms with Gasteiger partial charge in [0.1, 0.15) is 5.76 Å². The molecule has 2 aromatic rings. The molecule has 0 amide bonds. The predicted molar refractivity (Wildman–Crippen MR) is 85.0 cm³/mol. The molecule has 0 aliphatic rings. The van der Waals surface area contributed by atoms with Gasteiger partial charge in [-0.3, -0.25) is 0 Å². The van der Waals surface area contributed by atoms with E-state index in [2.05, 4.69) is 25.9 Å². The van der Waals surface area contributed by atoms with Gasteiger partial charge < -0.3 is 4.52 Å². The fourth-order valence-corrected chi connectivity index (χ4v) is 3.25. The molecule has 0 unspecified atom stereocenters. The van der Waals surface area contributed by atoms with Gasteiger partial charge in [0.15, 0.2) is 0 Å². The lowest BCUT2D eigenvalue weighted by Crippen LogP contribution is -2.26. The third kappa shape index (κ3) is 3.56. The number of hydrogen-bond donors (Lipinski definition) is 0. The van der Waals surface area contributed by atoms with E-state index < -0.39 is 10.0 Å². The molecule has 0 fully saturated rings. The molecular formula is C16H22N2O3S. The quantitative estimate of drug-likeness (QED) is 0.867. The number of aryl methyl sites for hydroxylation is 1. The monoisotopic (exact) mass is 322 g/mol. The Kier molecular flexibility index (Phi) is 4.44. The summed E-state index contributed by atoms with van der Waals surface area (Å²) in [4.78, 5) is 0.281. The number of benzene rings is 1. The summed E-state index contributed by atoms with van der Waals surface area (Å²) in [6, 6.07) is 8.76. The second kappa shape index (κ2) is 5.85. The van der Waals surface area contributed by atoms with Crippen molar-refractivity contribution in [2.24, 2.45) is 0 Å². The Bertz CT molecular complexity index is 740. The maximum atomic E-state index is 12.6. The van der Waals surface area contributed by atoms with Crippen molar-refractivity contribution < 1.29 is 12.9 Å². The summed E-state index contributed by atoms with van der Waals surface area (Å²) in [5, 5.41) is 3.83. The lowest BCUT2D eigenvalue weighted by Gasteiger charge is -2.20. The van der Waals surface area contributed by atoms with Gasteiger partial charge in [0.05, 0.1) is 17.1 Å². The van der Waals surface area contributed by atoms with Crippen LogP contribution in [0.15, 0.2) is 39.8 Å². The van der Waals surface area contributed by atoms with Gasteiger partial charge in [-0.1, -0.05) is 38.1 Å². The standard InChI is InChI=1S/C16H22N2O3S/c1-12-10-14(17-21-12)11-18(5)22(19,20)15-8-6-13(7-9-15)16(2,3)4/h6-10H,11H2,1-5H3. The Morgan fingerprint density at radius 2 is 1.77 bits per heavy atom. The van der Waals surface area contributed by atoms with E-state index in [9.17, 15) is 8.42 Å². The lowest BCUT2D eigenvalue weighted by molar-refractivity contribution is 0.378. The van der Waals surface area contributed by atoms with Crippen LogP contribution in [0.4, 0.5) is 0 Å². The van der Waals surface area contributed by atoms with Crippen LogP contribution in [0, 0.1) is 6.92 Å². The first-order valence-electron chi connectivity index (χ1n) is 7.10. The van der Waals surface area contributed by atoms with Crippen LogP contribution in [-0.2, 0) is 22.0 Å². The predicted octanol–water partition coefficient (Wildman–Crippen LogP) is 3.10. The van der Waals surface area contributed by atoms with E-state index in [1.807, 2.05) is 12.1 Å². The topological polar surface area (TPSA) is 63.4 Å². The first-order valence-corrected chi connectivity index (χ1v) is 8.54. The lowest BCUT2D eigenvalue weighted by atomic mass is 9.87. The maximum Gasteiger partial charge on any atom is 0.243 e. The largest absolute Gasteiger partial charge is 0.361 e. The number of hydrogen-bond acceptors (Lipinski definition) is 4. The van der Waals surface area contributed by atoms with E-state index in [0.29, 0.717) is 11.5 Å². The molecule has 2 rings (SSSR count). The third-order valence-electron chi connectivity index (χ3n) is 3.49. The van der Waals surface area contributed by atoms with E-state index in [1.54, 1.807) is 25.1 Å². The molecule has 0 saturated carbocycles. The summed E-state index contributed by atoms with van der Waals surface area (Å²) in [5.41, 5.74) is 1.68. The average molecular weight is 322 g/mol. The van der Waals surface area contributed by atoms with Crippen molar-refractivity contribution in [3.63, 3.8) is 0 Å². The molecule has 120 valence electrons. The van der Waals surface area contributed by atoms with Crippen molar-refractivity contribution in [3.05, 3.63) is 47.3 Å². The molecule has 0 aliphatic heterocycles. The Balaban J connectivity index is 2.22. The van der Waals surface area contributed by atoms with Gasteiger partial charge in [-0.15, -0.1) is 0 Å². The second-order valence-corrected chi connectivity index (χ2v) is 8.51. The molecule has 1 aromatic heterocycles. The Morgan fingerprint density at radius 3 is 2.23 bits per heavy atom. The van der Waals surface area contributed by atoms with Crippen molar-refractivity contribution in [1.82, 2.24) is 9.46 Å². The van der Waals surface area contributed by atoms with Gasteiger partial charge in [0.25, 0.3) is 0 Å². The molecule has 6 heteroatoms. The molecule has 22 heavy (non-hydrogen) atoms. The molecule has 5 nitrogen and oxygen atoms in total. The molecule has 0 aliphatic carbocycles. The summed E-state index contributed by atoms with van der Waals surface area (Å²) >= 11 is 0. The minimum Gasteiger partial charge on any atom is -0.361 e. The van der Waals surface area contributed by atoms with Gasteiger partial charge in [0.2, 0.25) is 10.0 Å². The molecule has 0 atom stereocenters. The van der Waals surface area contributed by atoms with Crippen LogP contribution in [-0.4, -0.2) is 24.9 Å². The number of rotatable bonds is 4. The van der Waals surface area contributed by atoms with Crippen LogP contribution in [0.2, 0.25) is 0 Å². The molecular weight excluding hydrogens is 300 g/mol. The normalized spacial score (nSPS) is 12.8. The minimum atomic E-state index is -3.54. The van der Waals surface area contributed by atoms with Crippen LogP contribution >= 0.6 is 0 Å². The fourth-order valence-electron chi connectivity index (χ4n) is 2.11. The Morgan fingerprint density at radius 1 is 1.18 bits per heavy atom. The van der Waals surface area contributed by atoms with Crippen LogP contribution in [0.25, 0.3) is 0 Å².